The summed E-state index contributed by atoms with van der Waals surface area (Å²) in [7, 11) is 0. The fourth-order valence-corrected chi connectivity index (χ4v) is 3.31. The summed E-state index contributed by atoms with van der Waals surface area (Å²) >= 11 is 6.40. The van der Waals surface area contributed by atoms with Crippen LogP contribution in [0.3, 0.4) is 0 Å². The molecular formula is C19H27ClN4O. The maximum Gasteiger partial charge on any atom is 0.0983 e. The van der Waals surface area contributed by atoms with Crippen molar-refractivity contribution in [2.75, 3.05) is 19.6 Å². The van der Waals surface area contributed by atoms with Gasteiger partial charge in [0, 0.05) is 49.4 Å². The van der Waals surface area contributed by atoms with Crippen molar-refractivity contribution >= 4 is 11.6 Å². The van der Waals surface area contributed by atoms with Gasteiger partial charge in [-0.1, -0.05) is 29.8 Å². The van der Waals surface area contributed by atoms with Crippen molar-refractivity contribution in [3.05, 3.63) is 41.0 Å². The molecule has 136 valence electrons. The number of nitrogens with zero attached hydrogens (tertiary/aromatic N) is 2. The highest BCUT2D eigenvalue weighted by Crippen LogP contribution is 2.30. The summed E-state index contributed by atoms with van der Waals surface area (Å²) in [5, 5.41) is 22.1. The van der Waals surface area contributed by atoms with E-state index in [0.717, 1.165) is 29.9 Å². The number of aliphatic hydroxyl groups excluding tert-OH is 1. The number of hydrogen-bond donors (Lipinski definition) is 3. The Kier molecular flexibility index (Phi) is 5.49. The molecule has 1 saturated heterocycles. The van der Waals surface area contributed by atoms with Crippen LogP contribution in [-0.2, 0) is 12.1 Å². The third kappa shape index (κ3) is 4.23. The van der Waals surface area contributed by atoms with Gasteiger partial charge in [-0.3, -0.25) is 4.68 Å². The first-order valence-corrected chi connectivity index (χ1v) is 9.17. The summed E-state index contributed by atoms with van der Waals surface area (Å²) in [5.74, 6) is 0.251. The largest absolute Gasteiger partial charge is 0.391 e. The molecule has 1 aliphatic rings. The number of hydrogen-bond acceptors (Lipinski definition) is 4. The third-order valence-corrected chi connectivity index (χ3v) is 4.96. The molecule has 0 saturated carbocycles. The van der Waals surface area contributed by atoms with E-state index in [4.69, 9.17) is 16.7 Å². The quantitative estimate of drug-likeness (QED) is 0.765. The lowest BCUT2D eigenvalue weighted by atomic mass is 10.1. The summed E-state index contributed by atoms with van der Waals surface area (Å²) in [6, 6.07) is 7.81. The normalized spacial score (nSPS) is 21.0. The van der Waals surface area contributed by atoms with E-state index in [9.17, 15) is 5.11 Å². The molecule has 1 fully saturated rings. The summed E-state index contributed by atoms with van der Waals surface area (Å²) < 4.78 is 1.99. The fraction of sp³-hybridized carbons (Fsp3) is 0.526. The zero-order chi connectivity index (χ0) is 18.0. The molecule has 2 heterocycles. The first-order chi connectivity index (χ1) is 11.9. The molecule has 3 rings (SSSR count). The monoisotopic (exact) mass is 362 g/mol. The van der Waals surface area contributed by atoms with Crippen molar-refractivity contribution in [1.29, 1.82) is 0 Å². The van der Waals surface area contributed by atoms with Crippen molar-refractivity contribution in [2.24, 2.45) is 5.92 Å². The van der Waals surface area contributed by atoms with Crippen LogP contribution in [0, 0.1) is 5.92 Å². The molecule has 3 N–H and O–H groups in total. The molecule has 5 nitrogen and oxygen atoms in total. The van der Waals surface area contributed by atoms with Gasteiger partial charge in [-0.05, 0) is 26.8 Å². The Morgan fingerprint density at radius 1 is 1.32 bits per heavy atom. The van der Waals surface area contributed by atoms with Crippen molar-refractivity contribution in [1.82, 2.24) is 20.4 Å². The Bertz CT molecular complexity index is 722. The summed E-state index contributed by atoms with van der Waals surface area (Å²) in [6.45, 7) is 9.40. The van der Waals surface area contributed by atoms with Crippen molar-refractivity contribution in [2.45, 2.75) is 39.0 Å². The number of aliphatic hydroxyl groups is 1. The molecule has 6 heteroatoms. The van der Waals surface area contributed by atoms with Gasteiger partial charge in [0.15, 0.2) is 0 Å². The highest BCUT2D eigenvalue weighted by atomic mass is 35.5. The van der Waals surface area contributed by atoms with Crippen LogP contribution >= 0.6 is 11.6 Å². The van der Waals surface area contributed by atoms with Crippen LogP contribution < -0.4 is 10.6 Å². The Morgan fingerprint density at radius 3 is 2.72 bits per heavy atom. The van der Waals surface area contributed by atoms with Crippen LogP contribution in [0.25, 0.3) is 11.3 Å². The molecule has 1 aromatic carbocycles. The highest BCUT2D eigenvalue weighted by molar-refractivity contribution is 6.33. The van der Waals surface area contributed by atoms with Gasteiger partial charge in [0.1, 0.15) is 0 Å². The molecule has 0 bridgehead atoms. The number of halogens is 1. The molecule has 2 unspecified atom stereocenters. The van der Waals surface area contributed by atoms with Crippen molar-refractivity contribution in [3.8, 4) is 11.3 Å². The summed E-state index contributed by atoms with van der Waals surface area (Å²) in [5.41, 5.74) is 2.88. The highest BCUT2D eigenvalue weighted by Gasteiger charge is 2.25. The lowest BCUT2D eigenvalue weighted by Gasteiger charge is -2.19. The maximum atomic E-state index is 9.93. The van der Waals surface area contributed by atoms with Gasteiger partial charge in [0.05, 0.1) is 22.4 Å². The molecular weight excluding hydrogens is 336 g/mol. The number of aromatic nitrogens is 2. The lowest BCUT2D eigenvalue weighted by Crippen LogP contribution is -2.30. The minimum Gasteiger partial charge on any atom is -0.391 e. The smallest absolute Gasteiger partial charge is 0.0983 e. The molecule has 25 heavy (non-hydrogen) atoms. The van der Waals surface area contributed by atoms with Gasteiger partial charge in [-0.2, -0.15) is 5.10 Å². The van der Waals surface area contributed by atoms with Gasteiger partial charge in [-0.15, -0.1) is 0 Å². The second-order valence-electron chi connectivity index (χ2n) is 7.71. The van der Waals surface area contributed by atoms with Gasteiger partial charge < -0.3 is 15.7 Å². The van der Waals surface area contributed by atoms with E-state index in [1.807, 2.05) is 28.9 Å². The zero-order valence-electron chi connectivity index (χ0n) is 15.1. The predicted molar refractivity (Wildman–Crippen MR) is 102 cm³/mol. The molecule has 1 aliphatic heterocycles. The summed E-state index contributed by atoms with van der Waals surface area (Å²) in [6.07, 6.45) is 1.82. The molecule has 0 radical (unpaired) electrons. The molecule has 1 aromatic heterocycles. The predicted octanol–water partition coefficient (Wildman–Crippen LogP) is 2.63. The fourth-order valence-electron chi connectivity index (χ4n) is 3.08. The van der Waals surface area contributed by atoms with E-state index in [-0.39, 0.29) is 17.6 Å². The number of β-amino-alcohol motifs (C(OH)–C–C–N with tert-alkyl or cyclic N) is 1. The molecule has 0 spiro atoms. The van der Waals surface area contributed by atoms with E-state index in [0.29, 0.717) is 18.1 Å². The topological polar surface area (TPSA) is 62.1 Å². The van der Waals surface area contributed by atoms with E-state index < -0.39 is 0 Å². The Balaban J connectivity index is 1.81. The second-order valence-corrected chi connectivity index (χ2v) is 8.12. The first kappa shape index (κ1) is 18.4. The van der Waals surface area contributed by atoms with Gasteiger partial charge >= 0.3 is 0 Å². The van der Waals surface area contributed by atoms with Crippen LogP contribution in [0.1, 0.15) is 26.3 Å². The van der Waals surface area contributed by atoms with Gasteiger partial charge in [0.2, 0.25) is 0 Å². The van der Waals surface area contributed by atoms with Gasteiger partial charge in [0.25, 0.3) is 0 Å². The summed E-state index contributed by atoms with van der Waals surface area (Å²) in [4.78, 5) is 0. The van der Waals surface area contributed by atoms with Gasteiger partial charge in [-0.25, -0.2) is 0 Å². The molecule has 0 aliphatic carbocycles. The number of benzene rings is 1. The van der Waals surface area contributed by atoms with Crippen LogP contribution in [0.2, 0.25) is 5.02 Å². The van der Waals surface area contributed by atoms with Crippen LogP contribution in [0.5, 0.6) is 0 Å². The number of nitrogens with one attached hydrogen (secondary N) is 2. The SMILES string of the molecule is CC(C)(C)n1cc(CNCC2CNCC2O)c(-c2ccccc2Cl)n1. The van der Waals surface area contributed by atoms with Crippen molar-refractivity contribution in [3.63, 3.8) is 0 Å². The molecule has 0 amide bonds. The van der Waals surface area contributed by atoms with E-state index in [1.165, 1.54) is 0 Å². The van der Waals surface area contributed by atoms with Crippen LogP contribution in [0.4, 0.5) is 0 Å². The third-order valence-electron chi connectivity index (χ3n) is 4.63. The first-order valence-electron chi connectivity index (χ1n) is 8.79. The van der Waals surface area contributed by atoms with E-state index in [1.54, 1.807) is 0 Å². The average Bonchev–Trinajstić information content (AvgIpc) is 3.15. The minimum absolute atomic E-state index is 0.0974. The van der Waals surface area contributed by atoms with Crippen molar-refractivity contribution < 1.29 is 5.11 Å². The molecule has 2 atom stereocenters. The second kappa shape index (κ2) is 7.46. The van der Waals surface area contributed by atoms with Crippen LogP contribution in [0.15, 0.2) is 30.5 Å². The Hall–Kier alpha value is -1.40. The maximum absolute atomic E-state index is 9.93. The number of rotatable bonds is 5. The Labute approximate surface area is 154 Å². The standard InChI is InChI=1S/C19H27ClN4O/c1-19(2,3)24-12-14(10-21-8-13-9-22-11-17(13)25)18(23-24)15-6-4-5-7-16(15)20/h4-7,12-13,17,21-22,25H,8-11H2,1-3H3. The van der Waals surface area contributed by atoms with E-state index >= 15 is 0 Å². The zero-order valence-corrected chi connectivity index (χ0v) is 15.8. The van der Waals surface area contributed by atoms with Crippen LogP contribution in [-0.4, -0.2) is 40.6 Å². The van der Waals surface area contributed by atoms with E-state index in [2.05, 4.69) is 37.6 Å². The Morgan fingerprint density at radius 2 is 2.08 bits per heavy atom. The molecule has 2 aromatic rings. The lowest BCUT2D eigenvalue weighted by molar-refractivity contribution is 0.146. The minimum atomic E-state index is -0.271. The average molecular weight is 363 g/mol.